The number of carboxylic acid groups (broad SMARTS) is 2. The molecule has 1 fully saturated rings. The number of carbonyl (C=O) groups is 7. The highest BCUT2D eigenvalue weighted by Gasteiger charge is 2.47. The molecule has 0 aromatic carbocycles. The lowest BCUT2D eigenvalue weighted by Crippen LogP contribution is -2.65. The molecule has 262 valence electrons. The lowest BCUT2D eigenvalue weighted by atomic mass is 9.96. The van der Waals surface area contributed by atoms with Crippen LogP contribution in [0.25, 0.3) is 0 Å². The van der Waals surface area contributed by atoms with Crippen LogP contribution in [0, 0.1) is 0 Å². The van der Waals surface area contributed by atoms with Crippen molar-refractivity contribution < 1.29 is 68.6 Å². The molecule has 1 aliphatic rings. The van der Waals surface area contributed by atoms with Crippen LogP contribution in [0.3, 0.4) is 0 Å². The summed E-state index contributed by atoms with van der Waals surface area (Å²) in [6.07, 6.45) is -8.18. The number of aliphatic carboxylic acids is 2. The van der Waals surface area contributed by atoms with Gasteiger partial charge in [0, 0.05) is 13.3 Å². The Morgan fingerprint density at radius 1 is 0.891 bits per heavy atom. The molecule has 20 nitrogen and oxygen atoms in total. The summed E-state index contributed by atoms with van der Waals surface area (Å²) in [5.74, 6) is -6.94. The molecule has 0 aromatic rings. The van der Waals surface area contributed by atoms with E-state index in [4.69, 9.17) is 20.9 Å². The van der Waals surface area contributed by atoms with E-state index in [1.165, 1.54) is 13.8 Å². The Labute approximate surface area is 263 Å². The van der Waals surface area contributed by atoms with E-state index in [2.05, 4.69) is 21.3 Å². The van der Waals surface area contributed by atoms with E-state index < -0.39 is 122 Å². The maximum Gasteiger partial charge on any atom is 0.326 e. The average Bonchev–Trinajstić information content (AvgIpc) is 2.96. The lowest BCUT2D eigenvalue weighted by Gasteiger charge is -2.43. The Morgan fingerprint density at radius 2 is 1.48 bits per heavy atom. The molecule has 20 heteroatoms. The van der Waals surface area contributed by atoms with E-state index in [-0.39, 0.29) is 19.3 Å². The highest BCUT2D eigenvalue weighted by molar-refractivity contribution is 5.91. The van der Waals surface area contributed by atoms with Gasteiger partial charge in [-0.05, 0) is 39.5 Å². The first-order chi connectivity index (χ1) is 21.4. The predicted octanol–water partition coefficient (Wildman–Crippen LogP) is -5.26. The van der Waals surface area contributed by atoms with Crippen LogP contribution in [-0.2, 0) is 43.0 Å². The Hall–Kier alpha value is -3.95. The van der Waals surface area contributed by atoms with Crippen LogP contribution in [0.1, 0.15) is 52.9 Å². The van der Waals surface area contributed by atoms with Gasteiger partial charge in [-0.25, -0.2) is 9.59 Å². The third-order valence-electron chi connectivity index (χ3n) is 7.01. The number of rotatable bonds is 19. The SMILES string of the molecule is CC(=O)NC1C(O)OC(CO)C(O)C1OC(C)C(=O)NC(C)C(=O)NC(CCC(=O)NC(CCCC(N)C(N)=O)C(=O)O)C(=O)O. The number of ether oxygens (including phenoxy) is 2. The van der Waals surface area contributed by atoms with Gasteiger partial charge in [0.15, 0.2) is 6.29 Å². The maximum absolute atomic E-state index is 12.8. The van der Waals surface area contributed by atoms with Crippen LogP contribution >= 0.6 is 0 Å². The van der Waals surface area contributed by atoms with Crippen LogP contribution in [-0.4, -0.2) is 135 Å². The second-order valence-electron chi connectivity index (χ2n) is 10.8. The number of amides is 5. The molecule has 0 aliphatic carbocycles. The minimum atomic E-state index is -1.70. The molecule has 10 unspecified atom stereocenters. The molecule has 1 aliphatic heterocycles. The molecular formula is C26H44N6O14. The van der Waals surface area contributed by atoms with Gasteiger partial charge in [-0.15, -0.1) is 0 Å². The maximum atomic E-state index is 12.8. The van der Waals surface area contributed by atoms with Crippen molar-refractivity contribution in [1.29, 1.82) is 0 Å². The zero-order valence-corrected chi connectivity index (χ0v) is 25.6. The van der Waals surface area contributed by atoms with Crippen molar-refractivity contribution in [3.8, 4) is 0 Å². The monoisotopic (exact) mass is 664 g/mol. The lowest BCUT2D eigenvalue weighted by molar-refractivity contribution is -0.266. The minimum absolute atomic E-state index is 0.0789. The zero-order valence-electron chi connectivity index (χ0n) is 25.6. The molecule has 46 heavy (non-hydrogen) atoms. The molecule has 1 heterocycles. The van der Waals surface area contributed by atoms with Crippen LogP contribution in [0.4, 0.5) is 0 Å². The van der Waals surface area contributed by atoms with E-state index in [0.29, 0.717) is 0 Å². The second kappa shape index (κ2) is 18.9. The summed E-state index contributed by atoms with van der Waals surface area (Å²) in [5.41, 5.74) is 10.5. The predicted molar refractivity (Wildman–Crippen MR) is 153 cm³/mol. The zero-order chi connectivity index (χ0) is 35.3. The largest absolute Gasteiger partial charge is 0.480 e. The van der Waals surface area contributed by atoms with E-state index in [1.54, 1.807) is 0 Å². The molecular weight excluding hydrogens is 620 g/mol. The molecule has 13 N–H and O–H groups in total. The molecule has 5 amide bonds. The van der Waals surface area contributed by atoms with Crippen LogP contribution in [0.5, 0.6) is 0 Å². The number of carbonyl (C=O) groups excluding carboxylic acids is 5. The highest BCUT2D eigenvalue weighted by Crippen LogP contribution is 2.23. The standard InChI is InChI=1S/C26H44N6O14/c1-10(29-23(39)11(2)45-20-18(30-12(3)34)26(44)46-16(9-33)19(20)36)22(38)32-15(25(42)43)7-8-17(35)31-14(24(40)41)6-4-5-13(27)21(28)37/h10-11,13-16,18-20,26,33,36,44H,4-9,27H2,1-3H3,(H2,28,37)(H,29,39)(H,30,34)(H,31,35)(H,32,38)(H,40,41)(H,42,43). The summed E-state index contributed by atoms with van der Waals surface area (Å²) in [7, 11) is 0. The number of hydrogen-bond donors (Lipinski definition) is 11. The van der Waals surface area contributed by atoms with Crippen molar-refractivity contribution in [2.75, 3.05) is 6.61 Å². The third-order valence-corrected chi connectivity index (χ3v) is 7.01. The molecule has 1 rings (SSSR count). The first-order valence-electron chi connectivity index (χ1n) is 14.3. The average molecular weight is 665 g/mol. The Balaban J connectivity index is 2.73. The summed E-state index contributed by atoms with van der Waals surface area (Å²) in [6, 6.07) is -6.59. The summed E-state index contributed by atoms with van der Waals surface area (Å²) in [6.45, 7) is 2.87. The topological polar surface area (TPSA) is 339 Å². The summed E-state index contributed by atoms with van der Waals surface area (Å²) >= 11 is 0. The molecule has 0 radical (unpaired) electrons. The fourth-order valence-electron chi connectivity index (χ4n) is 4.37. The van der Waals surface area contributed by atoms with Crippen molar-refractivity contribution in [3.05, 3.63) is 0 Å². The smallest absolute Gasteiger partial charge is 0.326 e. The fourth-order valence-corrected chi connectivity index (χ4v) is 4.37. The first kappa shape index (κ1) is 40.1. The number of carboxylic acids is 2. The van der Waals surface area contributed by atoms with Gasteiger partial charge in [0.05, 0.1) is 12.6 Å². The molecule has 0 spiro atoms. The van der Waals surface area contributed by atoms with E-state index in [9.17, 15) is 59.1 Å². The fraction of sp³-hybridized carbons (Fsp3) is 0.731. The number of aliphatic hydroxyl groups excluding tert-OH is 3. The Kier molecular flexibility index (Phi) is 16.5. The Morgan fingerprint density at radius 3 is 2.00 bits per heavy atom. The molecule has 0 aromatic heterocycles. The first-order valence-corrected chi connectivity index (χ1v) is 14.3. The van der Waals surface area contributed by atoms with Crippen molar-refractivity contribution in [2.45, 2.75) is 114 Å². The number of nitrogens with two attached hydrogens (primary N) is 2. The number of aliphatic hydroxyl groups is 3. The van der Waals surface area contributed by atoms with E-state index >= 15 is 0 Å². The van der Waals surface area contributed by atoms with Gasteiger partial charge in [-0.3, -0.25) is 24.0 Å². The summed E-state index contributed by atoms with van der Waals surface area (Å²) in [5, 5.41) is 58.1. The van der Waals surface area contributed by atoms with Gasteiger partial charge >= 0.3 is 11.9 Å². The minimum Gasteiger partial charge on any atom is -0.480 e. The van der Waals surface area contributed by atoms with Crippen LogP contribution in [0.2, 0.25) is 0 Å². The molecule has 0 bridgehead atoms. The summed E-state index contributed by atoms with van der Waals surface area (Å²) in [4.78, 5) is 83.6. The van der Waals surface area contributed by atoms with E-state index in [0.717, 1.165) is 6.92 Å². The van der Waals surface area contributed by atoms with Crippen molar-refractivity contribution >= 4 is 41.5 Å². The normalized spacial score (nSPS) is 24.3. The molecule has 10 atom stereocenters. The third kappa shape index (κ3) is 12.8. The van der Waals surface area contributed by atoms with Gasteiger partial charge in [0.25, 0.3) is 0 Å². The quantitative estimate of drug-likeness (QED) is 0.0614. The second-order valence-corrected chi connectivity index (χ2v) is 10.8. The van der Waals surface area contributed by atoms with Crippen molar-refractivity contribution in [3.63, 3.8) is 0 Å². The van der Waals surface area contributed by atoms with E-state index in [1.807, 2.05) is 0 Å². The van der Waals surface area contributed by atoms with Crippen molar-refractivity contribution in [1.82, 2.24) is 21.3 Å². The number of primary amides is 1. The van der Waals surface area contributed by atoms with Gasteiger partial charge in [-0.2, -0.15) is 0 Å². The van der Waals surface area contributed by atoms with Crippen LogP contribution < -0.4 is 32.7 Å². The van der Waals surface area contributed by atoms with Gasteiger partial charge in [0.2, 0.25) is 29.5 Å². The Bertz CT molecular complexity index is 1110. The van der Waals surface area contributed by atoms with Gasteiger partial charge in [-0.1, -0.05) is 0 Å². The van der Waals surface area contributed by atoms with Crippen molar-refractivity contribution in [2.24, 2.45) is 11.5 Å². The number of hydrogen-bond acceptors (Lipinski definition) is 13. The molecule has 1 saturated heterocycles. The molecule has 0 saturated carbocycles. The van der Waals surface area contributed by atoms with Gasteiger partial charge < -0.3 is 67.7 Å². The number of nitrogens with one attached hydrogen (secondary N) is 4. The highest BCUT2D eigenvalue weighted by atomic mass is 16.6. The van der Waals surface area contributed by atoms with Crippen LogP contribution in [0.15, 0.2) is 0 Å². The van der Waals surface area contributed by atoms with Gasteiger partial charge in [0.1, 0.15) is 48.6 Å². The summed E-state index contributed by atoms with van der Waals surface area (Å²) < 4.78 is 10.6.